The molecule has 0 spiro atoms. The largest absolute Gasteiger partial charge is 1.00 e. The molecule has 37 heavy (non-hydrogen) atoms. The number of carbonyl (C=O) groups excluding carboxylic acids is 3. The number of rotatable bonds is 11. The zero-order valence-corrected chi connectivity index (χ0v) is 23.5. The monoisotopic (exact) mass is 544 g/mol. The molecule has 4 atom stereocenters. The second kappa shape index (κ2) is 12.1. The normalized spacial score (nSPS) is 19.9. The second-order valence-corrected chi connectivity index (χ2v) is 10.8. The SMILES string of the molecule is COc1cccc2[nH]c(C(=O)N[C@@H](CC3CC3)C(=O)N[C@@H](C[C@@H]3CCNC3=O)C(O)S(=O)(=O)[O-])cc12.[Na+]. The maximum Gasteiger partial charge on any atom is 1.00 e. The van der Waals surface area contributed by atoms with Gasteiger partial charge < -0.3 is 35.3 Å². The number of aliphatic hydroxyl groups is 1. The summed E-state index contributed by atoms with van der Waals surface area (Å²) in [6, 6.07) is 4.34. The first-order valence-corrected chi connectivity index (χ1v) is 13.2. The predicted molar refractivity (Wildman–Crippen MR) is 127 cm³/mol. The number of carbonyl (C=O) groups is 3. The van der Waals surface area contributed by atoms with Crippen LogP contribution in [-0.2, 0) is 19.7 Å². The molecule has 1 aliphatic carbocycles. The Balaban J connectivity index is 0.00000380. The van der Waals surface area contributed by atoms with Crippen LogP contribution in [0.15, 0.2) is 24.3 Å². The van der Waals surface area contributed by atoms with Crippen molar-refractivity contribution in [3.8, 4) is 5.75 Å². The van der Waals surface area contributed by atoms with E-state index < -0.39 is 45.4 Å². The molecule has 2 heterocycles. The third kappa shape index (κ3) is 7.24. The summed E-state index contributed by atoms with van der Waals surface area (Å²) in [6.45, 7) is 0.375. The Labute approximate surface area is 236 Å². The van der Waals surface area contributed by atoms with Crippen molar-refractivity contribution in [1.82, 2.24) is 20.9 Å². The number of aromatic nitrogens is 1. The Kier molecular flexibility index (Phi) is 9.64. The summed E-state index contributed by atoms with van der Waals surface area (Å²) in [5, 5.41) is 18.5. The molecular weight excluding hydrogens is 515 g/mol. The molecule has 12 nitrogen and oxygen atoms in total. The molecule has 1 aromatic heterocycles. The fraction of sp³-hybridized carbons (Fsp3) is 0.522. The predicted octanol–water partition coefficient (Wildman–Crippen LogP) is -3.05. The Morgan fingerprint density at radius 1 is 1.22 bits per heavy atom. The van der Waals surface area contributed by atoms with Crippen molar-refractivity contribution in [3.05, 3.63) is 30.0 Å². The number of hydrogen-bond acceptors (Lipinski definition) is 8. The standard InChI is InChI=1S/C23H30N4O8S.Na/c1-35-19-4-2-3-15-14(19)11-17(25-15)22(30)26-16(9-12-5-6-12)21(29)27-18(23(31)36(32,33)34)10-13-7-8-24-20(13)28;/h2-4,11-13,16,18,23,25,31H,5-10H2,1H3,(H,24,28)(H,26,30)(H,27,29)(H,32,33,34);/q;+1/p-1/t13-,16-,18-,23?;/m0./s1. The number of nitrogens with one attached hydrogen (secondary N) is 4. The molecule has 1 aliphatic heterocycles. The number of methoxy groups -OCH3 is 1. The number of aromatic amines is 1. The van der Waals surface area contributed by atoms with Gasteiger partial charge in [-0.05, 0) is 43.4 Å². The van der Waals surface area contributed by atoms with Gasteiger partial charge in [0, 0.05) is 23.4 Å². The molecular formula is C23H29N4NaO8S. The van der Waals surface area contributed by atoms with Gasteiger partial charge in [-0.1, -0.05) is 18.9 Å². The van der Waals surface area contributed by atoms with Crippen molar-refractivity contribution >= 4 is 38.7 Å². The quantitative estimate of drug-likeness (QED) is 0.146. The molecule has 2 aliphatic rings. The Morgan fingerprint density at radius 3 is 2.54 bits per heavy atom. The minimum atomic E-state index is -5.18. The molecule has 2 fully saturated rings. The molecule has 14 heteroatoms. The van der Waals surface area contributed by atoms with E-state index in [1.165, 1.54) is 7.11 Å². The number of amides is 3. The molecule has 5 N–H and O–H groups in total. The number of fused-ring (bicyclic) bond motifs is 1. The Bertz CT molecular complexity index is 1260. The van der Waals surface area contributed by atoms with Crippen molar-refractivity contribution in [2.24, 2.45) is 11.8 Å². The molecule has 1 saturated heterocycles. The third-order valence-corrected chi connectivity index (χ3v) is 7.57. The zero-order valence-electron chi connectivity index (χ0n) is 20.7. The van der Waals surface area contributed by atoms with Crippen molar-refractivity contribution in [2.45, 2.75) is 49.6 Å². The van der Waals surface area contributed by atoms with Crippen LogP contribution in [0.3, 0.4) is 0 Å². The van der Waals surface area contributed by atoms with E-state index in [4.69, 9.17) is 4.74 Å². The van der Waals surface area contributed by atoms with Crippen LogP contribution in [0.1, 0.15) is 42.6 Å². The van der Waals surface area contributed by atoms with Gasteiger partial charge in [-0.25, -0.2) is 8.42 Å². The fourth-order valence-corrected chi connectivity index (χ4v) is 5.07. The summed E-state index contributed by atoms with van der Waals surface area (Å²) in [5.41, 5.74) is -1.57. The molecule has 2 aromatic rings. The minimum Gasteiger partial charge on any atom is -0.746 e. The number of hydrogen-bond donors (Lipinski definition) is 5. The molecule has 1 unspecified atom stereocenters. The average molecular weight is 545 g/mol. The Morgan fingerprint density at radius 2 is 1.95 bits per heavy atom. The smallest absolute Gasteiger partial charge is 0.746 e. The van der Waals surface area contributed by atoms with E-state index >= 15 is 0 Å². The van der Waals surface area contributed by atoms with Crippen LogP contribution in [0.2, 0.25) is 0 Å². The Hall–Kier alpha value is -2.16. The zero-order chi connectivity index (χ0) is 26.0. The van der Waals surface area contributed by atoms with E-state index in [1.807, 2.05) is 0 Å². The van der Waals surface area contributed by atoms with Gasteiger partial charge in [-0.15, -0.1) is 0 Å². The van der Waals surface area contributed by atoms with Crippen LogP contribution in [0, 0.1) is 11.8 Å². The topological polar surface area (TPSA) is 190 Å². The van der Waals surface area contributed by atoms with Crippen LogP contribution in [-0.4, -0.2) is 72.0 Å². The summed E-state index contributed by atoms with van der Waals surface area (Å²) in [4.78, 5) is 41.2. The van der Waals surface area contributed by atoms with Crippen LogP contribution in [0.4, 0.5) is 0 Å². The average Bonchev–Trinajstić information content (AvgIpc) is 3.39. The maximum absolute atomic E-state index is 13.2. The summed E-state index contributed by atoms with van der Waals surface area (Å²) in [5.74, 6) is -1.53. The first kappa shape index (κ1) is 29.4. The van der Waals surface area contributed by atoms with Crippen LogP contribution < -0.4 is 50.2 Å². The van der Waals surface area contributed by atoms with E-state index in [9.17, 15) is 32.5 Å². The van der Waals surface area contributed by atoms with E-state index in [0.29, 0.717) is 36.0 Å². The van der Waals surface area contributed by atoms with Gasteiger partial charge in [0.15, 0.2) is 5.44 Å². The number of ether oxygens (including phenoxy) is 1. The fourth-order valence-electron chi connectivity index (χ4n) is 4.49. The maximum atomic E-state index is 13.2. The van der Waals surface area contributed by atoms with Gasteiger partial charge in [0.05, 0.1) is 13.2 Å². The molecule has 0 radical (unpaired) electrons. The number of aliphatic hydroxyl groups excluding tert-OH is 1. The first-order valence-electron chi connectivity index (χ1n) is 11.7. The summed E-state index contributed by atoms with van der Waals surface area (Å²) in [6.07, 6.45) is 2.21. The van der Waals surface area contributed by atoms with Crippen LogP contribution >= 0.6 is 0 Å². The van der Waals surface area contributed by atoms with Gasteiger partial charge in [-0.2, -0.15) is 0 Å². The van der Waals surface area contributed by atoms with Crippen molar-refractivity contribution < 1.29 is 66.8 Å². The summed E-state index contributed by atoms with van der Waals surface area (Å²) in [7, 11) is -3.66. The van der Waals surface area contributed by atoms with Gasteiger partial charge in [0.2, 0.25) is 11.8 Å². The summed E-state index contributed by atoms with van der Waals surface area (Å²) < 4.78 is 39.9. The van der Waals surface area contributed by atoms with E-state index in [-0.39, 0.29) is 53.5 Å². The second-order valence-electron chi connectivity index (χ2n) is 9.32. The molecule has 1 aromatic carbocycles. The minimum absolute atomic E-state index is 0. The first-order chi connectivity index (χ1) is 17.1. The van der Waals surface area contributed by atoms with Crippen molar-refractivity contribution in [3.63, 3.8) is 0 Å². The van der Waals surface area contributed by atoms with E-state index in [0.717, 1.165) is 12.8 Å². The number of benzene rings is 1. The van der Waals surface area contributed by atoms with Crippen molar-refractivity contribution in [2.75, 3.05) is 13.7 Å². The number of H-pyrrole nitrogens is 1. The third-order valence-electron chi connectivity index (χ3n) is 6.65. The molecule has 0 bridgehead atoms. The van der Waals surface area contributed by atoms with Crippen LogP contribution in [0.25, 0.3) is 10.9 Å². The molecule has 3 amide bonds. The van der Waals surface area contributed by atoms with Gasteiger partial charge >= 0.3 is 29.6 Å². The molecule has 196 valence electrons. The van der Waals surface area contributed by atoms with E-state index in [2.05, 4.69) is 20.9 Å². The van der Waals surface area contributed by atoms with Gasteiger partial charge in [-0.3, -0.25) is 14.4 Å². The summed E-state index contributed by atoms with van der Waals surface area (Å²) >= 11 is 0. The van der Waals surface area contributed by atoms with Gasteiger partial charge in [0.25, 0.3) is 5.91 Å². The molecule has 1 saturated carbocycles. The van der Waals surface area contributed by atoms with Crippen LogP contribution in [0.5, 0.6) is 5.75 Å². The van der Waals surface area contributed by atoms with Gasteiger partial charge in [0.1, 0.15) is 27.6 Å². The van der Waals surface area contributed by atoms with Crippen molar-refractivity contribution in [1.29, 1.82) is 0 Å². The van der Waals surface area contributed by atoms with E-state index in [1.54, 1.807) is 24.3 Å². The molecule has 4 rings (SSSR count).